The zero-order chi connectivity index (χ0) is 23.9. The van der Waals surface area contributed by atoms with Crippen LogP contribution in [-0.2, 0) is 9.47 Å². The van der Waals surface area contributed by atoms with Crippen molar-refractivity contribution in [1.82, 2.24) is 4.90 Å². The summed E-state index contributed by atoms with van der Waals surface area (Å²) < 4.78 is 11.5. The Morgan fingerprint density at radius 1 is 0.906 bits per heavy atom. The first kappa shape index (κ1) is 29.6. The second-order valence-electron chi connectivity index (χ2n) is 10.9. The van der Waals surface area contributed by atoms with Crippen molar-refractivity contribution in [3.63, 3.8) is 0 Å². The lowest BCUT2D eigenvalue weighted by atomic mass is 10.0. The molecule has 1 saturated heterocycles. The Kier molecular flexibility index (Phi) is 15.0. The summed E-state index contributed by atoms with van der Waals surface area (Å²) in [5.74, 6) is 2.08. The van der Waals surface area contributed by atoms with Crippen LogP contribution in [0.15, 0.2) is 0 Å². The quantitative estimate of drug-likeness (QED) is 0.199. The van der Waals surface area contributed by atoms with Crippen LogP contribution in [0.25, 0.3) is 0 Å². The molecule has 0 spiro atoms. The van der Waals surface area contributed by atoms with Crippen molar-refractivity contribution in [2.75, 3.05) is 18.1 Å². The van der Waals surface area contributed by atoms with E-state index in [-0.39, 0.29) is 12.1 Å². The average molecular weight is 472 g/mol. The molecule has 0 N–H and O–H groups in total. The van der Waals surface area contributed by atoms with Crippen molar-refractivity contribution >= 4 is 17.9 Å². The van der Waals surface area contributed by atoms with E-state index in [0.717, 1.165) is 11.5 Å². The molecule has 1 aliphatic rings. The summed E-state index contributed by atoms with van der Waals surface area (Å²) in [7, 11) is 0. The van der Waals surface area contributed by atoms with Crippen LogP contribution in [0.2, 0.25) is 0 Å². The zero-order valence-electron chi connectivity index (χ0n) is 22.2. The van der Waals surface area contributed by atoms with Gasteiger partial charge in [-0.15, -0.1) is 0 Å². The van der Waals surface area contributed by atoms with Gasteiger partial charge < -0.3 is 9.47 Å². The normalized spacial score (nSPS) is 18.3. The summed E-state index contributed by atoms with van der Waals surface area (Å²) in [6.45, 7) is 12.5. The number of carbonyl (C=O) groups excluding carboxylic acids is 1. The predicted octanol–water partition coefficient (Wildman–Crippen LogP) is 8.57. The Morgan fingerprint density at radius 2 is 1.38 bits per heavy atom. The minimum absolute atomic E-state index is 0.0940. The molecule has 4 nitrogen and oxygen atoms in total. The van der Waals surface area contributed by atoms with Gasteiger partial charge in [0, 0.05) is 5.75 Å². The molecule has 5 heteroatoms. The Hall–Kier alpha value is -0.420. The van der Waals surface area contributed by atoms with Crippen LogP contribution in [0.1, 0.15) is 131 Å². The van der Waals surface area contributed by atoms with Crippen molar-refractivity contribution in [2.45, 2.75) is 149 Å². The molecule has 1 amide bonds. The molecule has 190 valence electrons. The molecule has 0 aliphatic carbocycles. The minimum atomic E-state index is -0.595. The number of amides is 1. The van der Waals surface area contributed by atoms with Gasteiger partial charge in [-0.1, -0.05) is 90.4 Å². The number of carbonyl (C=O) groups is 1. The highest BCUT2D eigenvalue weighted by Gasteiger charge is 2.45. The Morgan fingerprint density at radius 3 is 1.84 bits per heavy atom. The van der Waals surface area contributed by atoms with Crippen molar-refractivity contribution < 1.29 is 14.3 Å². The molecule has 32 heavy (non-hydrogen) atoms. The maximum atomic E-state index is 12.7. The van der Waals surface area contributed by atoms with E-state index in [1.54, 1.807) is 4.90 Å². The molecule has 0 radical (unpaired) electrons. The third-order valence-corrected chi connectivity index (χ3v) is 7.31. The van der Waals surface area contributed by atoms with Gasteiger partial charge in [-0.3, -0.25) is 4.90 Å². The first-order valence-corrected chi connectivity index (χ1v) is 14.6. The number of hydrogen-bond donors (Lipinski definition) is 0. The van der Waals surface area contributed by atoms with E-state index >= 15 is 0 Å². The van der Waals surface area contributed by atoms with E-state index < -0.39 is 11.3 Å². The Labute approximate surface area is 203 Å². The van der Waals surface area contributed by atoms with Gasteiger partial charge in [-0.25, -0.2) is 4.79 Å². The van der Waals surface area contributed by atoms with Gasteiger partial charge in [0.05, 0.1) is 12.6 Å². The summed E-state index contributed by atoms with van der Waals surface area (Å²) in [5, 5.41) is 0. The van der Waals surface area contributed by atoms with Crippen LogP contribution < -0.4 is 0 Å². The molecule has 1 atom stereocenters. The minimum Gasteiger partial charge on any atom is -0.444 e. The van der Waals surface area contributed by atoms with E-state index in [1.165, 1.54) is 89.9 Å². The van der Waals surface area contributed by atoms with Crippen LogP contribution in [0.4, 0.5) is 4.79 Å². The van der Waals surface area contributed by atoms with Gasteiger partial charge >= 0.3 is 6.09 Å². The summed E-state index contributed by atoms with van der Waals surface area (Å²) in [5.41, 5.74) is -1.08. The van der Waals surface area contributed by atoms with Gasteiger partial charge in [0.2, 0.25) is 0 Å². The van der Waals surface area contributed by atoms with Gasteiger partial charge in [0.1, 0.15) is 11.3 Å². The molecule has 0 saturated carbocycles. The standard InChI is InChI=1S/C27H53NO3S/c1-7-8-9-10-11-12-13-14-15-16-17-18-19-20-21-32-23-24-22-30-27(5,6)28(24)25(29)31-26(2,3)4/h24H,7-23H2,1-6H3/t24-/m0/s1. The van der Waals surface area contributed by atoms with Crippen LogP contribution in [0, 0.1) is 0 Å². The van der Waals surface area contributed by atoms with E-state index in [0.29, 0.717) is 6.61 Å². The highest BCUT2D eigenvalue weighted by molar-refractivity contribution is 7.99. The van der Waals surface area contributed by atoms with Crippen molar-refractivity contribution in [3.05, 3.63) is 0 Å². The number of hydrogen-bond acceptors (Lipinski definition) is 4. The van der Waals surface area contributed by atoms with E-state index in [2.05, 4.69) is 6.92 Å². The summed E-state index contributed by atoms with van der Waals surface area (Å²) in [6.07, 6.45) is 19.3. The zero-order valence-corrected chi connectivity index (χ0v) is 23.0. The maximum absolute atomic E-state index is 12.7. The molecule has 0 unspecified atom stereocenters. The van der Waals surface area contributed by atoms with E-state index in [9.17, 15) is 4.79 Å². The topological polar surface area (TPSA) is 38.8 Å². The lowest BCUT2D eigenvalue weighted by Crippen LogP contribution is -2.50. The fourth-order valence-corrected chi connectivity index (χ4v) is 5.40. The average Bonchev–Trinajstić information content (AvgIpc) is 3.00. The molecule has 0 bridgehead atoms. The van der Waals surface area contributed by atoms with Gasteiger partial charge in [-0.2, -0.15) is 11.8 Å². The molecule has 0 aromatic rings. The molecule has 1 aliphatic heterocycles. The number of nitrogens with zero attached hydrogens (tertiary/aromatic N) is 1. The highest BCUT2D eigenvalue weighted by atomic mass is 32.2. The number of unbranched alkanes of at least 4 members (excludes halogenated alkanes) is 13. The van der Waals surface area contributed by atoms with Crippen molar-refractivity contribution in [1.29, 1.82) is 0 Å². The molecule has 0 aromatic carbocycles. The third-order valence-electron chi connectivity index (χ3n) is 6.12. The second-order valence-corrected chi connectivity index (χ2v) is 12.1. The monoisotopic (exact) mass is 471 g/mol. The van der Waals surface area contributed by atoms with Gasteiger partial charge in [-0.05, 0) is 46.8 Å². The smallest absolute Gasteiger partial charge is 0.412 e. The second kappa shape index (κ2) is 16.2. The van der Waals surface area contributed by atoms with Crippen LogP contribution in [0.3, 0.4) is 0 Å². The number of ether oxygens (including phenoxy) is 2. The third kappa shape index (κ3) is 13.3. The summed E-state index contributed by atoms with van der Waals surface area (Å²) >= 11 is 1.95. The molecular weight excluding hydrogens is 418 g/mol. The maximum Gasteiger partial charge on any atom is 0.412 e. The van der Waals surface area contributed by atoms with Crippen LogP contribution in [-0.4, -0.2) is 46.5 Å². The van der Waals surface area contributed by atoms with Crippen LogP contribution in [0.5, 0.6) is 0 Å². The van der Waals surface area contributed by atoms with Crippen molar-refractivity contribution in [2.24, 2.45) is 0 Å². The molecule has 0 aromatic heterocycles. The fourth-order valence-electron chi connectivity index (χ4n) is 4.30. The van der Waals surface area contributed by atoms with E-state index in [1.807, 2.05) is 46.4 Å². The first-order chi connectivity index (χ1) is 15.2. The Bertz CT molecular complexity index is 490. The lowest BCUT2D eigenvalue weighted by Gasteiger charge is -2.35. The molecule has 1 rings (SSSR count). The summed E-state index contributed by atoms with van der Waals surface area (Å²) in [6, 6.07) is 0.0940. The molecular formula is C27H53NO3S. The largest absolute Gasteiger partial charge is 0.444 e. The highest BCUT2D eigenvalue weighted by Crippen LogP contribution is 2.31. The predicted molar refractivity (Wildman–Crippen MR) is 140 cm³/mol. The molecule has 1 heterocycles. The Balaban J connectivity index is 2.02. The summed E-state index contributed by atoms with van der Waals surface area (Å²) in [4.78, 5) is 14.5. The first-order valence-electron chi connectivity index (χ1n) is 13.4. The lowest BCUT2D eigenvalue weighted by molar-refractivity contribution is -0.0617. The van der Waals surface area contributed by atoms with Crippen molar-refractivity contribution in [3.8, 4) is 0 Å². The molecule has 1 fully saturated rings. The van der Waals surface area contributed by atoms with Crippen LogP contribution >= 0.6 is 11.8 Å². The van der Waals surface area contributed by atoms with Gasteiger partial charge in [0.25, 0.3) is 0 Å². The van der Waals surface area contributed by atoms with E-state index in [4.69, 9.17) is 9.47 Å². The number of rotatable bonds is 17. The fraction of sp³-hybridized carbons (Fsp3) is 0.963. The SMILES string of the molecule is CCCCCCCCCCCCCCCCSC[C@@H]1COC(C)(C)N1C(=O)OC(C)(C)C. The number of thioether (sulfide) groups is 1. The van der Waals surface area contributed by atoms with Gasteiger partial charge in [0.15, 0.2) is 0 Å².